The van der Waals surface area contributed by atoms with E-state index in [0.717, 1.165) is 12.1 Å². The Morgan fingerprint density at radius 2 is 2.00 bits per heavy atom. The molecular weight excluding hydrogens is 281 g/mol. The molecule has 0 aromatic heterocycles. The molecule has 21 heavy (non-hydrogen) atoms. The van der Waals surface area contributed by atoms with Crippen molar-refractivity contribution in [1.29, 1.82) is 0 Å². The number of hydrogen-bond acceptors (Lipinski definition) is 2. The minimum Gasteiger partial charge on any atom is -0.356 e. The van der Waals surface area contributed by atoms with Gasteiger partial charge in [0.05, 0.1) is 5.56 Å². The van der Waals surface area contributed by atoms with Crippen LogP contribution >= 0.6 is 0 Å². The summed E-state index contributed by atoms with van der Waals surface area (Å²) in [5.74, 6) is -0.455. The highest BCUT2D eigenvalue weighted by Crippen LogP contribution is 2.31. The first-order chi connectivity index (χ1) is 9.70. The van der Waals surface area contributed by atoms with E-state index in [-0.39, 0.29) is 24.3 Å². The van der Waals surface area contributed by atoms with E-state index in [4.69, 9.17) is 5.73 Å². The second-order valence-electron chi connectivity index (χ2n) is 5.34. The second kappa shape index (κ2) is 7.45. The maximum absolute atomic E-state index is 12.6. The van der Waals surface area contributed by atoms with Crippen LogP contribution in [0.4, 0.5) is 13.2 Å². The third kappa shape index (κ3) is 6.16. The van der Waals surface area contributed by atoms with Crippen LogP contribution in [0.2, 0.25) is 0 Å². The van der Waals surface area contributed by atoms with Gasteiger partial charge in [0.2, 0.25) is 5.91 Å². The summed E-state index contributed by atoms with van der Waals surface area (Å²) in [7, 11) is 0. The summed E-state index contributed by atoms with van der Waals surface area (Å²) in [6, 6.07) is 5.10. The Hall–Kier alpha value is -1.56. The molecule has 0 aliphatic carbocycles. The molecule has 0 aliphatic heterocycles. The number of carbonyl (C=O) groups is 1. The first-order valence-corrected chi connectivity index (χ1v) is 6.89. The number of carbonyl (C=O) groups excluding carboxylic acids is 1. The van der Waals surface area contributed by atoms with Crippen LogP contribution in [0.5, 0.6) is 0 Å². The van der Waals surface area contributed by atoms with E-state index in [1.54, 1.807) is 13.0 Å². The van der Waals surface area contributed by atoms with Crippen molar-refractivity contribution in [2.24, 2.45) is 5.73 Å². The number of amides is 1. The average molecular weight is 302 g/mol. The van der Waals surface area contributed by atoms with Crippen molar-refractivity contribution in [2.45, 2.75) is 44.8 Å². The highest BCUT2D eigenvalue weighted by Gasteiger charge is 2.30. The number of alkyl halides is 3. The molecule has 0 saturated heterocycles. The van der Waals surface area contributed by atoms with Crippen molar-refractivity contribution in [1.82, 2.24) is 5.32 Å². The molecule has 6 heteroatoms. The molecule has 1 rings (SSSR count). The van der Waals surface area contributed by atoms with E-state index < -0.39 is 11.7 Å². The molecule has 2 atom stereocenters. The Bertz CT molecular complexity index is 472. The van der Waals surface area contributed by atoms with Crippen molar-refractivity contribution in [2.75, 3.05) is 6.54 Å². The van der Waals surface area contributed by atoms with Crippen LogP contribution in [0, 0.1) is 0 Å². The summed E-state index contributed by atoms with van der Waals surface area (Å²) in [6.07, 6.45) is -3.54. The predicted octanol–water partition coefficient (Wildman–Crippen LogP) is 3.05. The molecule has 118 valence electrons. The Morgan fingerprint density at radius 1 is 1.33 bits per heavy atom. The van der Waals surface area contributed by atoms with Gasteiger partial charge in [-0.15, -0.1) is 0 Å². The van der Waals surface area contributed by atoms with Crippen LogP contribution in [-0.2, 0) is 11.0 Å². The Kier molecular flexibility index (Phi) is 6.20. The zero-order valence-corrected chi connectivity index (χ0v) is 12.2. The van der Waals surface area contributed by atoms with Crippen LogP contribution in [0.3, 0.4) is 0 Å². The Balaban J connectivity index is 2.59. The molecule has 1 aromatic carbocycles. The van der Waals surface area contributed by atoms with E-state index >= 15 is 0 Å². The molecule has 1 aromatic rings. The van der Waals surface area contributed by atoms with Crippen molar-refractivity contribution >= 4 is 5.91 Å². The van der Waals surface area contributed by atoms with Gasteiger partial charge in [0, 0.05) is 19.0 Å². The van der Waals surface area contributed by atoms with Gasteiger partial charge in [-0.1, -0.05) is 25.1 Å². The number of halogens is 3. The highest BCUT2D eigenvalue weighted by molar-refractivity contribution is 5.76. The lowest BCUT2D eigenvalue weighted by molar-refractivity contribution is -0.137. The molecule has 0 heterocycles. The van der Waals surface area contributed by atoms with Gasteiger partial charge in [0.15, 0.2) is 0 Å². The van der Waals surface area contributed by atoms with Gasteiger partial charge in [-0.3, -0.25) is 4.79 Å². The minimum absolute atomic E-state index is 0.00573. The average Bonchev–Trinajstić information content (AvgIpc) is 2.37. The smallest absolute Gasteiger partial charge is 0.356 e. The predicted molar refractivity (Wildman–Crippen MR) is 75.8 cm³/mol. The fraction of sp³-hybridized carbons (Fsp3) is 0.533. The van der Waals surface area contributed by atoms with Crippen LogP contribution in [0.25, 0.3) is 0 Å². The van der Waals surface area contributed by atoms with E-state index in [0.29, 0.717) is 18.5 Å². The van der Waals surface area contributed by atoms with E-state index in [1.807, 2.05) is 6.92 Å². The minimum atomic E-state index is -4.37. The monoisotopic (exact) mass is 302 g/mol. The fourth-order valence-corrected chi connectivity index (χ4v) is 1.93. The standard InChI is InChI=1S/C15H21F3N2O/c1-10(8-14(21)20-7-6-11(2)19)12-4-3-5-13(9-12)15(16,17)18/h3-5,9-11H,6-8,19H2,1-2H3,(H,20,21). The van der Waals surface area contributed by atoms with Crippen molar-refractivity contribution in [3.63, 3.8) is 0 Å². The Morgan fingerprint density at radius 3 is 2.57 bits per heavy atom. The maximum atomic E-state index is 12.6. The summed E-state index contributed by atoms with van der Waals surface area (Å²) in [4.78, 5) is 11.7. The summed E-state index contributed by atoms with van der Waals surface area (Å²) in [6.45, 7) is 4.06. The third-order valence-electron chi connectivity index (χ3n) is 3.20. The van der Waals surface area contributed by atoms with Gasteiger partial charge < -0.3 is 11.1 Å². The third-order valence-corrected chi connectivity index (χ3v) is 3.20. The summed E-state index contributed by atoms with van der Waals surface area (Å²) >= 11 is 0. The quantitative estimate of drug-likeness (QED) is 0.848. The van der Waals surface area contributed by atoms with Crippen LogP contribution < -0.4 is 11.1 Å². The van der Waals surface area contributed by atoms with Gasteiger partial charge in [0.25, 0.3) is 0 Å². The second-order valence-corrected chi connectivity index (χ2v) is 5.34. The Labute approximate surface area is 122 Å². The zero-order valence-electron chi connectivity index (χ0n) is 12.2. The van der Waals surface area contributed by atoms with E-state index in [9.17, 15) is 18.0 Å². The van der Waals surface area contributed by atoms with Gasteiger partial charge in [0.1, 0.15) is 0 Å². The largest absolute Gasteiger partial charge is 0.416 e. The lowest BCUT2D eigenvalue weighted by Gasteiger charge is -2.15. The molecule has 0 saturated carbocycles. The van der Waals surface area contributed by atoms with Gasteiger partial charge in [-0.2, -0.15) is 13.2 Å². The molecule has 0 bridgehead atoms. The molecule has 2 unspecified atom stereocenters. The lowest BCUT2D eigenvalue weighted by atomic mass is 9.95. The number of nitrogens with one attached hydrogen (secondary N) is 1. The van der Waals surface area contributed by atoms with Crippen LogP contribution in [0.1, 0.15) is 43.7 Å². The molecule has 3 N–H and O–H groups in total. The molecule has 0 spiro atoms. The van der Waals surface area contributed by atoms with Crippen molar-refractivity contribution in [3.05, 3.63) is 35.4 Å². The summed E-state index contributed by atoms with van der Waals surface area (Å²) < 4.78 is 37.9. The topological polar surface area (TPSA) is 55.1 Å². The number of benzene rings is 1. The lowest BCUT2D eigenvalue weighted by Crippen LogP contribution is -2.29. The molecule has 0 aliphatic rings. The normalized spacial score (nSPS) is 14.6. The molecule has 3 nitrogen and oxygen atoms in total. The first kappa shape index (κ1) is 17.5. The first-order valence-electron chi connectivity index (χ1n) is 6.89. The number of nitrogens with two attached hydrogens (primary N) is 1. The molecular formula is C15H21F3N2O. The SMILES string of the molecule is CC(N)CCNC(=O)CC(C)c1cccc(C(F)(F)F)c1. The van der Waals surface area contributed by atoms with Gasteiger partial charge >= 0.3 is 6.18 Å². The van der Waals surface area contributed by atoms with E-state index in [1.165, 1.54) is 6.07 Å². The molecule has 0 radical (unpaired) electrons. The zero-order chi connectivity index (χ0) is 16.0. The molecule has 1 amide bonds. The fourth-order valence-electron chi connectivity index (χ4n) is 1.93. The van der Waals surface area contributed by atoms with Crippen molar-refractivity contribution < 1.29 is 18.0 Å². The molecule has 0 fully saturated rings. The van der Waals surface area contributed by atoms with Gasteiger partial charge in [-0.05, 0) is 30.9 Å². The van der Waals surface area contributed by atoms with Crippen LogP contribution in [0.15, 0.2) is 24.3 Å². The van der Waals surface area contributed by atoms with Crippen LogP contribution in [-0.4, -0.2) is 18.5 Å². The highest BCUT2D eigenvalue weighted by atomic mass is 19.4. The van der Waals surface area contributed by atoms with Gasteiger partial charge in [-0.25, -0.2) is 0 Å². The van der Waals surface area contributed by atoms with Crippen molar-refractivity contribution in [3.8, 4) is 0 Å². The summed E-state index contributed by atoms with van der Waals surface area (Å²) in [5.41, 5.74) is 5.39. The summed E-state index contributed by atoms with van der Waals surface area (Å²) in [5, 5.41) is 2.72. The number of rotatable bonds is 6. The number of hydrogen-bond donors (Lipinski definition) is 2. The van der Waals surface area contributed by atoms with E-state index in [2.05, 4.69) is 5.32 Å². The maximum Gasteiger partial charge on any atom is 0.416 e.